The van der Waals surface area contributed by atoms with Crippen LogP contribution in [-0.4, -0.2) is 23.0 Å². The zero-order chi connectivity index (χ0) is 18.8. The van der Waals surface area contributed by atoms with Crippen LogP contribution in [0, 0.1) is 5.82 Å². The second kappa shape index (κ2) is 7.25. The minimum absolute atomic E-state index is 0.142. The Hall–Kier alpha value is -3.12. The molecule has 1 aliphatic heterocycles. The highest BCUT2D eigenvalue weighted by Crippen LogP contribution is 2.28. The van der Waals surface area contributed by atoms with Gasteiger partial charge in [0.2, 0.25) is 0 Å². The van der Waals surface area contributed by atoms with Gasteiger partial charge in [0.25, 0.3) is 0 Å². The summed E-state index contributed by atoms with van der Waals surface area (Å²) in [7, 11) is 1.34. The van der Waals surface area contributed by atoms with Gasteiger partial charge in [-0.1, -0.05) is 24.3 Å². The molecule has 6 heteroatoms. The molecule has 0 saturated carbocycles. The van der Waals surface area contributed by atoms with Crippen LogP contribution < -0.4 is 5.32 Å². The van der Waals surface area contributed by atoms with E-state index in [2.05, 4.69) is 27.4 Å². The maximum absolute atomic E-state index is 13.2. The number of nitrogens with one attached hydrogen (secondary N) is 1. The average Bonchev–Trinajstić information content (AvgIpc) is 2.73. The fraction of sp³-hybridized carbons (Fsp3) is 0.190. The van der Waals surface area contributed by atoms with Crippen molar-refractivity contribution in [2.75, 3.05) is 7.11 Å². The minimum atomic E-state index is -0.476. The lowest BCUT2D eigenvalue weighted by Gasteiger charge is -2.27. The summed E-state index contributed by atoms with van der Waals surface area (Å²) in [4.78, 5) is 21.2. The number of halogens is 1. The van der Waals surface area contributed by atoms with Crippen LogP contribution in [0.5, 0.6) is 0 Å². The number of rotatable bonds is 3. The molecule has 2 aromatic carbocycles. The molecule has 3 aromatic rings. The zero-order valence-corrected chi connectivity index (χ0v) is 14.8. The third kappa shape index (κ3) is 3.44. The number of esters is 1. The summed E-state index contributed by atoms with van der Waals surface area (Å²) in [5, 5.41) is 3.44. The van der Waals surface area contributed by atoms with Crippen LogP contribution in [0.25, 0.3) is 11.4 Å². The Labute approximate surface area is 156 Å². The van der Waals surface area contributed by atoms with E-state index in [1.54, 1.807) is 12.1 Å². The maximum Gasteiger partial charge on any atom is 0.341 e. The Kier molecular flexibility index (Phi) is 4.64. The molecule has 2 heterocycles. The van der Waals surface area contributed by atoms with Gasteiger partial charge in [-0.2, -0.15) is 0 Å². The fourth-order valence-corrected chi connectivity index (χ4v) is 3.31. The lowest BCUT2D eigenvalue weighted by molar-refractivity contribution is 0.0597. The highest BCUT2D eigenvalue weighted by Gasteiger charge is 2.26. The number of benzene rings is 2. The van der Waals surface area contributed by atoms with Crippen LogP contribution >= 0.6 is 0 Å². The maximum atomic E-state index is 13.2. The summed E-state index contributed by atoms with van der Waals surface area (Å²) in [6, 6.07) is 14.0. The number of methoxy groups -OCH3 is 1. The normalized spacial score (nSPS) is 15.9. The molecule has 0 bridgehead atoms. The second-order valence-electron chi connectivity index (χ2n) is 6.40. The topological polar surface area (TPSA) is 64.1 Å². The smallest absolute Gasteiger partial charge is 0.341 e. The summed E-state index contributed by atoms with van der Waals surface area (Å²) in [6.45, 7) is 0.692. The highest BCUT2D eigenvalue weighted by molar-refractivity contribution is 5.90. The number of hydrogen-bond donors (Lipinski definition) is 1. The largest absolute Gasteiger partial charge is 0.465 e. The van der Waals surface area contributed by atoms with Crippen molar-refractivity contribution in [1.82, 2.24) is 15.3 Å². The SMILES string of the molecule is COC(=O)c1cnc(-c2ccc(F)cc2)nc1C1Cc2ccccc2CN1. The van der Waals surface area contributed by atoms with Gasteiger partial charge in [0, 0.05) is 18.3 Å². The number of hydrogen-bond acceptors (Lipinski definition) is 5. The number of aromatic nitrogens is 2. The minimum Gasteiger partial charge on any atom is -0.465 e. The van der Waals surface area contributed by atoms with Crippen molar-refractivity contribution in [3.8, 4) is 11.4 Å². The van der Waals surface area contributed by atoms with Crippen molar-refractivity contribution < 1.29 is 13.9 Å². The highest BCUT2D eigenvalue weighted by atomic mass is 19.1. The summed E-state index contributed by atoms with van der Waals surface area (Å²) < 4.78 is 18.1. The van der Waals surface area contributed by atoms with E-state index in [9.17, 15) is 9.18 Å². The Morgan fingerprint density at radius 3 is 2.63 bits per heavy atom. The predicted molar refractivity (Wildman–Crippen MR) is 98.5 cm³/mol. The third-order valence-corrected chi connectivity index (χ3v) is 4.74. The Morgan fingerprint density at radius 2 is 1.89 bits per heavy atom. The Bertz CT molecular complexity index is 989. The van der Waals surface area contributed by atoms with Crippen LogP contribution in [0.3, 0.4) is 0 Å². The molecule has 1 unspecified atom stereocenters. The van der Waals surface area contributed by atoms with Gasteiger partial charge >= 0.3 is 5.97 Å². The van der Waals surface area contributed by atoms with Crippen molar-refractivity contribution in [2.45, 2.75) is 19.0 Å². The standard InChI is InChI=1S/C21H18FN3O2/c1-27-21(26)17-12-24-20(13-6-8-16(22)9-7-13)25-19(17)18-10-14-4-2-3-5-15(14)11-23-18/h2-9,12,18,23H,10-11H2,1H3. The van der Waals surface area contributed by atoms with Crippen molar-refractivity contribution >= 4 is 5.97 Å². The Balaban J connectivity index is 1.76. The van der Waals surface area contributed by atoms with E-state index in [0.717, 1.165) is 0 Å². The number of carbonyl (C=O) groups excluding carboxylic acids is 1. The molecule has 5 nitrogen and oxygen atoms in total. The molecule has 0 amide bonds. The lowest BCUT2D eigenvalue weighted by Crippen LogP contribution is -2.31. The van der Waals surface area contributed by atoms with E-state index < -0.39 is 5.97 Å². The molecule has 136 valence electrons. The van der Waals surface area contributed by atoms with Crippen molar-refractivity contribution in [2.24, 2.45) is 0 Å². The molecular formula is C21H18FN3O2. The van der Waals surface area contributed by atoms with Crippen LogP contribution in [0.2, 0.25) is 0 Å². The average molecular weight is 363 g/mol. The van der Waals surface area contributed by atoms with E-state index in [4.69, 9.17) is 4.74 Å². The van der Waals surface area contributed by atoms with E-state index in [1.165, 1.54) is 36.6 Å². The van der Waals surface area contributed by atoms with Gasteiger partial charge in [0.1, 0.15) is 11.4 Å². The summed E-state index contributed by atoms with van der Waals surface area (Å²) in [5.41, 5.74) is 4.07. The number of fused-ring (bicyclic) bond motifs is 1. The molecule has 0 aliphatic carbocycles. The van der Waals surface area contributed by atoms with Gasteiger partial charge in [0.15, 0.2) is 5.82 Å². The van der Waals surface area contributed by atoms with Crippen LogP contribution in [0.15, 0.2) is 54.7 Å². The first kappa shape index (κ1) is 17.3. The van der Waals surface area contributed by atoms with Gasteiger partial charge in [-0.05, 0) is 41.8 Å². The van der Waals surface area contributed by atoms with Gasteiger partial charge in [-0.3, -0.25) is 0 Å². The number of ether oxygens (including phenoxy) is 1. The fourth-order valence-electron chi connectivity index (χ4n) is 3.31. The summed E-state index contributed by atoms with van der Waals surface area (Å²) in [5.74, 6) is -0.356. The van der Waals surface area contributed by atoms with Gasteiger partial charge in [-0.15, -0.1) is 0 Å². The second-order valence-corrected chi connectivity index (χ2v) is 6.40. The molecule has 4 rings (SSSR count). The van der Waals surface area contributed by atoms with Crippen molar-refractivity contribution in [3.63, 3.8) is 0 Å². The van der Waals surface area contributed by atoms with Crippen LogP contribution in [0.1, 0.15) is 33.2 Å². The van der Waals surface area contributed by atoms with Gasteiger partial charge < -0.3 is 10.1 Å². The summed E-state index contributed by atoms with van der Waals surface area (Å²) >= 11 is 0. The van der Waals surface area contributed by atoms with E-state index in [0.29, 0.717) is 35.6 Å². The first-order chi connectivity index (χ1) is 13.2. The third-order valence-electron chi connectivity index (χ3n) is 4.74. The van der Waals surface area contributed by atoms with Gasteiger partial charge in [0.05, 0.1) is 18.8 Å². The van der Waals surface area contributed by atoms with Crippen molar-refractivity contribution in [3.05, 3.63) is 82.9 Å². The van der Waals surface area contributed by atoms with Crippen molar-refractivity contribution in [1.29, 1.82) is 0 Å². The van der Waals surface area contributed by atoms with E-state index in [1.807, 2.05) is 12.1 Å². The first-order valence-corrected chi connectivity index (χ1v) is 8.67. The first-order valence-electron chi connectivity index (χ1n) is 8.67. The molecule has 1 N–H and O–H groups in total. The number of nitrogens with zero attached hydrogens (tertiary/aromatic N) is 2. The molecule has 27 heavy (non-hydrogen) atoms. The van der Waals surface area contributed by atoms with E-state index >= 15 is 0 Å². The molecule has 0 radical (unpaired) electrons. The van der Waals surface area contributed by atoms with Crippen LogP contribution in [0.4, 0.5) is 4.39 Å². The molecule has 1 aromatic heterocycles. The summed E-state index contributed by atoms with van der Waals surface area (Å²) in [6.07, 6.45) is 2.19. The lowest BCUT2D eigenvalue weighted by atomic mass is 9.92. The van der Waals surface area contributed by atoms with Crippen LogP contribution in [-0.2, 0) is 17.7 Å². The molecule has 1 aliphatic rings. The molecule has 0 fully saturated rings. The van der Waals surface area contributed by atoms with E-state index in [-0.39, 0.29) is 11.9 Å². The monoisotopic (exact) mass is 363 g/mol. The number of carbonyl (C=O) groups is 1. The quantitative estimate of drug-likeness (QED) is 0.722. The van der Waals surface area contributed by atoms with Gasteiger partial charge in [-0.25, -0.2) is 19.2 Å². The molecule has 0 saturated heterocycles. The Morgan fingerprint density at radius 1 is 1.15 bits per heavy atom. The predicted octanol–water partition coefficient (Wildman–Crippen LogP) is 3.46. The molecule has 1 atom stereocenters. The molecule has 0 spiro atoms. The zero-order valence-electron chi connectivity index (χ0n) is 14.8. The molecular weight excluding hydrogens is 345 g/mol.